The van der Waals surface area contributed by atoms with E-state index in [0.29, 0.717) is 6.42 Å². The standard InChI is InChI=1S/C10H11NO/c1-2-8-3-5-9(6-4-8)7-10(11)12/h2-6H,1,7H2,(H2,11,12). The van der Waals surface area contributed by atoms with Crippen molar-refractivity contribution in [2.75, 3.05) is 0 Å². The second kappa shape index (κ2) is 3.72. The number of rotatable bonds is 3. The number of amides is 1. The molecule has 2 heteroatoms. The predicted octanol–water partition coefficient (Wildman–Crippen LogP) is 1.36. The molecule has 0 atom stereocenters. The molecule has 0 saturated heterocycles. The van der Waals surface area contributed by atoms with E-state index in [-0.39, 0.29) is 5.91 Å². The van der Waals surface area contributed by atoms with Crippen LogP contribution in [0.1, 0.15) is 11.1 Å². The lowest BCUT2D eigenvalue weighted by atomic mass is 10.1. The molecule has 0 aliphatic rings. The van der Waals surface area contributed by atoms with Crippen LogP contribution in [0.4, 0.5) is 0 Å². The normalized spacial score (nSPS) is 9.33. The second-order valence-corrected chi connectivity index (χ2v) is 2.59. The van der Waals surface area contributed by atoms with E-state index in [4.69, 9.17) is 5.73 Å². The highest BCUT2D eigenvalue weighted by Gasteiger charge is 1.96. The summed E-state index contributed by atoms with van der Waals surface area (Å²) in [6.07, 6.45) is 2.06. The number of carbonyl (C=O) groups is 1. The Balaban J connectivity index is 2.77. The van der Waals surface area contributed by atoms with Gasteiger partial charge in [0.15, 0.2) is 0 Å². The average Bonchev–Trinajstić information content (AvgIpc) is 2.05. The molecule has 0 heterocycles. The van der Waals surface area contributed by atoms with Crippen LogP contribution in [0.25, 0.3) is 6.08 Å². The smallest absolute Gasteiger partial charge is 0.221 e. The monoisotopic (exact) mass is 161 g/mol. The Morgan fingerprint density at radius 3 is 2.42 bits per heavy atom. The highest BCUT2D eigenvalue weighted by Crippen LogP contribution is 2.05. The zero-order valence-electron chi connectivity index (χ0n) is 6.79. The molecule has 12 heavy (non-hydrogen) atoms. The van der Waals surface area contributed by atoms with Crippen LogP contribution in [0.2, 0.25) is 0 Å². The molecule has 0 aliphatic heterocycles. The molecule has 1 amide bonds. The molecule has 1 rings (SSSR count). The minimum absolute atomic E-state index is 0.303. The first kappa shape index (κ1) is 8.53. The van der Waals surface area contributed by atoms with Gasteiger partial charge < -0.3 is 5.73 Å². The van der Waals surface area contributed by atoms with Crippen molar-refractivity contribution in [2.24, 2.45) is 5.73 Å². The lowest BCUT2D eigenvalue weighted by Crippen LogP contribution is -2.13. The van der Waals surface area contributed by atoms with Crippen molar-refractivity contribution in [3.63, 3.8) is 0 Å². The Labute approximate surface area is 71.7 Å². The number of hydrogen-bond acceptors (Lipinski definition) is 1. The molecule has 0 saturated carbocycles. The van der Waals surface area contributed by atoms with Gasteiger partial charge in [0.2, 0.25) is 5.91 Å². The highest BCUT2D eigenvalue weighted by atomic mass is 16.1. The molecule has 0 fully saturated rings. The van der Waals surface area contributed by atoms with Gasteiger partial charge in [-0.3, -0.25) is 4.79 Å². The van der Waals surface area contributed by atoms with Crippen LogP contribution in [0.15, 0.2) is 30.8 Å². The molecule has 62 valence electrons. The Morgan fingerprint density at radius 2 is 2.00 bits per heavy atom. The number of primary amides is 1. The molecule has 1 aromatic carbocycles. The van der Waals surface area contributed by atoms with Gasteiger partial charge in [-0.15, -0.1) is 0 Å². The van der Waals surface area contributed by atoms with Crippen molar-refractivity contribution in [2.45, 2.75) is 6.42 Å². The van der Waals surface area contributed by atoms with Crippen LogP contribution in [0.3, 0.4) is 0 Å². The van der Waals surface area contributed by atoms with Gasteiger partial charge in [-0.05, 0) is 11.1 Å². The SMILES string of the molecule is C=Cc1ccc(CC(N)=O)cc1. The van der Waals surface area contributed by atoms with Crippen LogP contribution in [-0.4, -0.2) is 5.91 Å². The highest BCUT2D eigenvalue weighted by molar-refractivity contribution is 5.76. The van der Waals surface area contributed by atoms with Gasteiger partial charge >= 0.3 is 0 Å². The maximum absolute atomic E-state index is 10.5. The van der Waals surface area contributed by atoms with Gasteiger partial charge in [0.05, 0.1) is 6.42 Å². The summed E-state index contributed by atoms with van der Waals surface area (Å²) >= 11 is 0. The first-order chi connectivity index (χ1) is 5.72. The van der Waals surface area contributed by atoms with E-state index in [1.807, 2.05) is 24.3 Å². The summed E-state index contributed by atoms with van der Waals surface area (Å²) < 4.78 is 0. The molecule has 1 aromatic rings. The molecule has 0 unspecified atom stereocenters. The molecular formula is C10H11NO. The van der Waals surface area contributed by atoms with E-state index < -0.39 is 0 Å². The van der Waals surface area contributed by atoms with Crippen LogP contribution in [0, 0.1) is 0 Å². The summed E-state index contributed by atoms with van der Waals surface area (Å²) in [5.74, 6) is -0.304. The third kappa shape index (κ3) is 2.23. The molecule has 0 aliphatic carbocycles. The van der Waals surface area contributed by atoms with E-state index in [1.54, 1.807) is 6.08 Å². The van der Waals surface area contributed by atoms with Gasteiger partial charge in [-0.1, -0.05) is 36.9 Å². The number of nitrogens with two attached hydrogens (primary N) is 1. The largest absolute Gasteiger partial charge is 0.369 e. The fourth-order valence-corrected chi connectivity index (χ4v) is 0.973. The van der Waals surface area contributed by atoms with Crippen LogP contribution < -0.4 is 5.73 Å². The maximum atomic E-state index is 10.5. The lowest BCUT2D eigenvalue weighted by Gasteiger charge is -1.97. The molecule has 0 bridgehead atoms. The Bertz CT molecular complexity index is 287. The molecule has 2 N–H and O–H groups in total. The molecular weight excluding hydrogens is 150 g/mol. The minimum Gasteiger partial charge on any atom is -0.369 e. The summed E-state index contributed by atoms with van der Waals surface area (Å²) in [4.78, 5) is 10.5. The summed E-state index contributed by atoms with van der Waals surface area (Å²) in [5, 5.41) is 0. The Hall–Kier alpha value is -1.57. The van der Waals surface area contributed by atoms with Crippen LogP contribution in [-0.2, 0) is 11.2 Å². The van der Waals surface area contributed by atoms with E-state index in [0.717, 1.165) is 11.1 Å². The predicted molar refractivity (Wildman–Crippen MR) is 49.4 cm³/mol. The van der Waals surface area contributed by atoms with E-state index in [1.165, 1.54) is 0 Å². The second-order valence-electron chi connectivity index (χ2n) is 2.59. The van der Waals surface area contributed by atoms with E-state index in [9.17, 15) is 4.79 Å². The molecule has 0 radical (unpaired) electrons. The zero-order valence-corrected chi connectivity index (χ0v) is 6.79. The summed E-state index contributed by atoms with van der Waals surface area (Å²) in [6.45, 7) is 3.63. The quantitative estimate of drug-likeness (QED) is 0.714. The first-order valence-electron chi connectivity index (χ1n) is 3.72. The summed E-state index contributed by atoms with van der Waals surface area (Å²) in [7, 11) is 0. The number of benzene rings is 1. The first-order valence-corrected chi connectivity index (χ1v) is 3.72. The summed E-state index contributed by atoms with van der Waals surface area (Å²) in [5.41, 5.74) is 7.02. The van der Waals surface area contributed by atoms with E-state index in [2.05, 4.69) is 6.58 Å². The van der Waals surface area contributed by atoms with Crippen molar-refractivity contribution in [3.05, 3.63) is 42.0 Å². The van der Waals surface area contributed by atoms with Crippen molar-refractivity contribution < 1.29 is 4.79 Å². The topological polar surface area (TPSA) is 43.1 Å². The van der Waals surface area contributed by atoms with Crippen molar-refractivity contribution in [3.8, 4) is 0 Å². The molecule has 0 spiro atoms. The summed E-state index contributed by atoms with van der Waals surface area (Å²) in [6, 6.07) is 7.57. The van der Waals surface area contributed by atoms with Crippen LogP contribution >= 0.6 is 0 Å². The molecule has 0 aromatic heterocycles. The Morgan fingerprint density at radius 1 is 1.42 bits per heavy atom. The third-order valence-electron chi connectivity index (χ3n) is 1.59. The fraction of sp³-hybridized carbons (Fsp3) is 0.100. The van der Waals surface area contributed by atoms with Gasteiger partial charge in [-0.25, -0.2) is 0 Å². The van der Waals surface area contributed by atoms with Crippen molar-refractivity contribution in [1.82, 2.24) is 0 Å². The fourth-order valence-electron chi connectivity index (χ4n) is 0.973. The van der Waals surface area contributed by atoms with Crippen molar-refractivity contribution >= 4 is 12.0 Å². The van der Waals surface area contributed by atoms with Crippen molar-refractivity contribution in [1.29, 1.82) is 0 Å². The zero-order chi connectivity index (χ0) is 8.97. The van der Waals surface area contributed by atoms with Gasteiger partial charge in [0.25, 0.3) is 0 Å². The Kier molecular flexibility index (Phi) is 2.64. The number of carbonyl (C=O) groups excluding carboxylic acids is 1. The van der Waals surface area contributed by atoms with E-state index >= 15 is 0 Å². The van der Waals surface area contributed by atoms with Crippen LogP contribution in [0.5, 0.6) is 0 Å². The number of hydrogen-bond donors (Lipinski definition) is 1. The molecule has 2 nitrogen and oxygen atoms in total. The minimum atomic E-state index is -0.304. The third-order valence-corrected chi connectivity index (χ3v) is 1.59. The average molecular weight is 161 g/mol. The van der Waals surface area contributed by atoms with Gasteiger partial charge in [0, 0.05) is 0 Å². The van der Waals surface area contributed by atoms with Gasteiger partial charge in [-0.2, -0.15) is 0 Å². The van der Waals surface area contributed by atoms with Gasteiger partial charge in [0.1, 0.15) is 0 Å². The maximum Gasteiger partial charge on any atom is 0.221 e. The lowest BCUT2D eigenvalue weighted by molar-refractivity contribution is -0.117.